The fraction of sp³-hybridized carbons (Fsp3) is 0.846. The van der Waals surface area contributed by atoms with Crippen molar-refractivity contribution in [2.45, 2.75) is 53.0 Å². The number of amides is 2. The molecule has 0 bridgehead atoms. The van der Waals surface area contributed by atoms with Crippen LogP contribution in [0.15, 0.2) is 0 Å². The van der Waals surface area contributed by atoms with E-state index >= 15 is 0 Å². The lowest BCUT2D eigenvalue weighted by atomic mass is 10.0. The van der Waals surface area contributed by atoms with Crippen LogP contribution in [0.5, 0.6) is 0 Å². The van der Waals surface area contributed by atoms with Gasteiger partial charge in [0.05, 0.1) is 0 Å². The van der Waals surface area contributed by atoms with E-state index in [1.807, 2.05) is 6.92 Å². The quantitative estimate of drug-likeness (QED) is 0.702. The number of carbonyl (C=O) groups excluding carboxylic acids is 1. The third-order valence-electron chi connectivity index (χ3n) is 3.31. The number of nitrogens with zero attached hydrogens (tertiary/aromatic N) is 1. The summed E-state index contributed by atoms with van der Waals surface area (Å²) >= 11 is 0. The number of urea groups is 1. The molecule has 0 unspecified atom stereocenters. The lowest BCUT2D eigenvalue weighted by molar-refractivity contribution is -0.139. The standard InChI is InChI=1S/C13H26N2O3/c1-5-10(6-2)9-15(8-4)13(18)14-11(7-3)12(16)17/h10-11H,5-9H2,1-4H3,(H,14,18)(H,16,17)/t11-/m1/s1. The van der Waals surface area contributed by atoms with E-state index in [1.165, 1.54) is 0 Å². The predicted octanol–water partition coefficient (Wildman–Crippen LogP) is 2.32. The summed E-state index contributed by atoms with van der Waals surface area (Å²) in [5.41, 5.74) is 0. The van der Waals surface area contributed by atoms with Crippen molar-refractivity contribution in [3.05, 3.63) is 0 Å². The van der Waals surface area contributed by atoms with E-state index in [1.54, 1.807) is 11.8 Å². The van der Waals surface area contributed by atoms with Gasteiger partial charge < -0.3 is 15.3 Å². The maximum atomic E-state index is 12.0. The molecule has 0 fully saturated rings. The first-order valence-electron chi connectivity index (χ1n) is 6.78. The summed E-state index contributed by atoms with van der Waals surface area (Å²) in [6.45, 7) is 9.14. The molecular weight excluding hydrogens is 232 g/mol. The van der Waals surface area contributed by atoms with E-state index in [2.05, 4.69) is 19.2 Å². The molecule has 0 aromatic rings. The first-order chi connectivity index (χ1) is 8.49. The number of carboxylic acid groups (broad SMARTS) is 1. The van der Waals surface area contributed by atoms with Crippen LogP contribution >= 0.6 is 0 Å². The summed E-state index contributed by atoms with van der Waals surface area (Å²) in [5.74, 6) is -0.509. The molecule has 1 atom stereocenters. The van der Waals surface area contributed by atoms with Crippen LogP contribution in [0, 0.1) is 5.92 Å². The van der Waals surface area contributed by atoms with Gasteiger partial charge in [0, 0.05) is 13.1 Å². The number of carboxylic acids is 1. The van der Waals surface area contributed by atoms with E-state index in [4.69, 9.17) is 5.11 Å². The van der Waals surface area contributed by atoms with Gasteiger partial charge in [-0.3, -0.25) is 0 Å². The third-order valence-corrected chi connectivity index (χ3v) is 3.31. The van der Waals surface area contributed by atoms with Gasteiger partial charge in [-0.1, -0.05) is 33.6 Å². The van der Waals surface area contributed by atoms with Gasteiger partial charge in [-0.2, -0.15) is 0 Å². The molecule has 2 amide bonds. The SMILES string of the molecule is CCC(CC)CN(CC)C(=O)N[C@H](CC)C(=O)O. The first kappa shape index (κ1) is 16.7. The molecule has 0 rings (SSSR count). The second kappa shape index (κ2) is 8.78. The van der Waals surface area contributed by atoms with E-state index in [0.717, 1.165) is 12.8 Å². The highest BCUT2D eigenvalue weighted by molar-refractivity contribution is 5.82. The minimum Gasteiger partial charge on any atom is -0.480 e. The predicted molar refractivity (Wildman–Crippen MR) is 71.6 cm³/mol. The van der Waals surface area contributed by atoms with Crippen LogP contribution in [-0.2, 0) is 4.79 Å². The maximum absolute atomic E-state index is 12.0. The van der Waals surface area contributed by atoms with Crippen molar-refractivity contribution in [2.75, 3.05) is 13.1 Å². The van der Waals surface area contributed by atoms with Gasteiger partial charge in [0.2, 0.25) is 0 Å². The Labute approximate surface area is 110 Å². The molecule has 106 valence electrons. The van der Waals surface area contributed by atoms with Crippen molar-refractivity contribution < 1.29 is 14.7 Å². The van der Waals surface area contributed by atoms with Crippen molar-refractivity contribution in [3.8, 4) is 0 Å². The molecule has 5 heteroatoms. The fourth-order valence-electron chi connectivity index (χ4n) is 1.79. The first-order valence-corrected chi connectivity index (χ1v) is 6.78. The molecule has 5 nitrogen and oxygen atoms in total. The average molecular weight is 258 g/mol. The Balaban J connectivity index is 4.46. The van der Waals surface area contributed by atoms with Crippen LogP contribution in [-0.4, -0.2) is 41.1 Å². The highest BCUT2D eigenvalue weighted by Gasteiger charge is 2.21. The molecule has 0 spiro atoms. The second-order valence-corrected chi connectivity index (χ2v) is 4.47. The molecule has 0 heterocycles. The summed E-state index contributed by atoms with van der Waals surface area (Å²) in [6.07, 6.45) is 2.44. The van der Waals surface area contributed by atoms with E-state index in [-0.39, 0.29) is 6.03 Å². The van der Waals surface area contributed by atoms with Gasteiger partial charge in [-0.25, -0.2) is 9.59 Å². The molecule has 0 saturated carbocycles. The normalized spacial score (nSPS) is 12.3. The minimum atomic E-state index is -0.982. The maximum Gasteiger partial charge on any atom is 0.326 e. The molecule has 18 heavy (non-hydrogen) atoms. The summed E-state index contributed by atoms with van der Waals surface area (Å²) < 4.78 is 0. The number of carbonyl (C=O) groups is 2. The van der Waals surface area contributed by atoms with Crippen molar-refractivity contribution in [1.82, 2.24) is 10.2 Å². The zero-order chi connectivity index (χ0) is 14.1. The van der Waals surface area contributed by atoms with Crippen molar-refractivity contribution >= 4 is 12.0 Å². The molecule has 0 aromatic heterocycles. The highest BCUT2D eigenvalue weighted by Crippen LogP contribution is 2.10. The van der Waals surface area contributed by atoms with Crippen molar-refractivity contribution in [1.29, 1.82) is 0 Å². The second-order valence-electron chi connectivity index (χ2n) is 4.47. The largest absolute Gasteiger partial charge is 0.480 e. The van der Waals surface area contributed by atoms with Crippen LogP contribution in [0.1, 0.15) is 47.0 Å². The highest BCUT2D eigenvalue weighted by atomic mass is 16.4. The van der Waals surface area contributed by atoms with Gasteiger partial charge in [0.15, 0.2) is 0 Å². The molecule has 0 aliphatic heterocycles. The topological polar surface area (TPSA) is 69.6 Å². The molecule has 0 aromatic carbocycles. The molecule has 0 aliphatic carbocycles. The lowest BCUT2D eigenvalue weighted by Gasteiger charge is -2.27. The van der Waals surface area contributed by atoms with E-state index in [9.17, 15) is 9.59 Å². The van der Waals surface area contributed by atoms with Crippen LogP contribution in [0.2, 0.25) is 0 Å². The Morgan fingerprint density at radius 1 is 1.11 bits per heavy atom. The molecular formula is C13H26N2O3. The lowest BCUT2D eigenvalue weighted by Crippen LogP contribution is -2.48. The molecule has 0 aliphatic rings. The van der Waals surface area contributed by atoms with E-state index < -0.39 is 12.0 Å². The zero-order valence-corrected chi connectivity index (χ0v) is 11.9. The molecule has 0 saturated heterocycles. The summed E-state index contributed by atoms with van der Waals surface area (Å²) in [4.78, 5) is 24.5. The number of hydrogen-bond donors (Lipinski definition) is 2. The Morgan fingerprint density at radius 3 is 2.00 bits per heavy atom. The smallest absolute Gasteiger partial charge is 0.326 e. The van der Waals surface area contributed by atoms with Gasteiger partial charge in [0.25, 0.3) is 0 Å². The van der Waals surface area contributed by atoms with Crippen molar-refractivity contribution in [3.63, 3.8) is 0 Å². The average Bonchev–Trinajstić information content (AvgIpc) is 2.36. The molecule has 2 N–H and O–H groups in total. The minimum absolute atomic E-state index is 0.279. The van der Waals surface area contributed by atoms with Crippen LogP contribution in [0.4, 0.5) is 4.79 Å². The van der Waals surface area contributed by atoms with Gasteiger partial charge in [-0.15, -0.1) is 0 Å². The van der Waals surface area contributed by atoms with Crippen LogP contribution in [0.3, 0.4) is 0 Å². The van der Waals surface area contributed by atoms with E-state index in [0.29, 0.717) is 25.4 Å². The summed E-state index contributed by atoms with van der Waals surface area (Å²) in [6, 6.07) is -1.08. The zero-order valence-electron chi connectivity index (χ0n) is 11.9. The monoisotopic (exact) mass is 258 g/mol. The molecule has 0 radical (unpaired) electrons. The van der Waals surface area contributed by atoms with Crippen LogP contribution in [0.25, 0.3) is 0 Å². The fourth-order valence-corrected chi connectivity index (χ4v) is 1.79. The Kier molecular flexibility index (Phi) is 8.16. The van der Waals surface area contributed by atoms with Gasteiger partial charge in [-0.05, 0) is 19.3 Å². The van der Waals surface area contributed by atoms with Crippen molar-refractivity contribution in [2.24, 2.45) is 5.92 Å². The Morgan fingerprint density at radius 2 is 1.67 bits per heavy atom. The Bertz CT molecular complexity index is 265. The summed E-state index contributed by atoms with van der Waals surface area (Å²) in [7, 11) is 0. The number of nitrogens with one attached hydrogen (secondary N) is 1. The summed E-state index contributed by atoms with van der Waals surface area (Å²) in [5, 5.41) is 11.5. The Hall–Kier alpha value is -1.26. The number of hydrogen-bond acceptors (Lipinski definition) is 2. The van der Waals surface area contributed by atoms with Crippen LogP contribution < -0.4 is 5.32 Å². The van der Waals surface area contributed by atoms with Gasteiger partial charge in [0.1, 0.15) is 6.04 Å². The number of aliphatic carboxylic acids is 1. The van der Waals surface area contributed by atoms with Gasteiger partial charge >= 0.3 is 12.0 Å². The number of rotatable bonds is 8. The third kappa shape index (κ3) is 5.38.